The van der Waals surface area contributed by atoms with E-state index in [0.29, 0.717) is 12.8 Å². The van der Waals surface area contributed by atoms with Crippen LogP contribution in [0.1, 0.15) is 103 Å². The maximum absolute atomic E-state index is 11.8. The Labute approximate surface area is 204 Å². The number of allylic oxidation sites excluding steroid dienone is 1. The maximum atomic E-state index is 11.8. The third-order valence-electron chi connectivity index (χ3n) is 6.13. The van der Waals surface area contributed by atoms with Crippen molar-refractivity contribution in [2.45, 2.75) is 109 Å². The Hall–Kier alpha value is -1.27. The minimum absolute atomic E-state index is 0.0620. The highest BCUT2D eigenvalue weighted by atomic mass is 32.3. The number of rotatable bonds is 19. The Morgan fingerprint density at radius 2 is 1.29 bits per heavy atom. The van der Waals surface area contributed by atoms with Crippen molar-refractivity contribution in [3.63, 3.8) is 0 Å². The summed E-state index contributed by atoms with van der Waals surface area (Å²) < 4.78 is 68.8. The van der Waals surface area contributed by atoms with Crippen molar-refractivity contribution in [2.75, 3.05) is 0 Å². The van der Waals surface area contributed by atoms with Gasteiger partial charge in [0.1, 0.15) is 11.5 Å². The second kappa shape index (κ2) is 15.0. The van der Waals surface area contributed by atoms with Crippen molar-refractivity contribution >= 4 is 26.5 Å². The van der Waals surface area contributed by atoms with E-state index >= 15 is 0 Å². The van der Waals surface area contributed by atoms with Crippen LogP contribution in [-0.4, -0.2) is 42.6 Å². The van der Waals surface area contributed by atoms with Crippen LogP contribution >= 0.6 is 0 Å². The third kappa shape index (κ3) is 11.9. The van der Waals surface area contributed by atoms with Crippen LogP contribution in [0, 0.1) is 5.92 Å². The van der Waals surface area contributed by atoms with Crippen molar-refractivity contribution in [1.29, 1.82) is 0 Å². The van der Waals surface area contributed by atoms with Gasteiger partial charge in [-0.1, -0.05) is 96.8 Å². The number of carboxylic acids is 1. The molecule has 34 heavy (non-hydrogen) atoms. The Bertz CT molecular complexity index is 891. The molecule has 0 spiro atoms. The highest BCUT2D eigenvalue weighted by Gasteiger charge is 2.47. The summed E-state index contributed by atoms with van der Waals surface area (Å²) in [7, 11) is -9.72. The molecule has 9 nitrogen and oxygen atoms in total. The first-order valence-electron chi connectivity index (χ1n) is 12.2. The number of hydrogen-bond acceptors (Lipinski definition) is 6. The zero-order valence-corrected chi connectivity index (χ0v) is 21.7. The van der Waals surface area contributed by atoms with Gasteiger partial charge < -0.3 is 5.11 Å². The molecule has 0 amide bonds. The fraction of sp³-hybridized carbons (Fsp3) is 0.783. The molecule has 0 heterocycles. The van der Waals surface area contributed by atoms with Gasteiger partial charge in [-0.15, -0.1) is 0 Å². The molecule has 0 aromatic carbocycles. The zero-order valence-electron chi connectivity index (χ0n) is 20.0. The summed E-state index contributed by atoms with van der Waals surface area (Å²) in [6.07, 6.45) is 18.1. The van der Waals surface area contributed by atoms with Crippen LogP contribution in [-0.2, 0) is 29.5 Å². The second-order valence-corrected chi connectivity index (χ2v) is 11.4. The van der Waals surface area contributed by atoms with Gasteiger partial charge in [0.2, 0.25) is 0 Å². The van der Waals surface area contributed by atoms with E-state index < -0.39 is 42.9 Å². The molecule has 0 saturated heterocycles. The molecule has 11 heteroatoms. The SMILES string of the molecule is CCCCCCCCCCCCCCCCC1(OS(=O)(=O)O)C=CC(S(=O)(=O)O)=CC1C(=O)O. The van der Waals surface area contributed by atoms with E-state index in [2.05, 4.69) is 6.92 Å². The Morgan fingerprint density at radius 1 is 0.853 bits per heavy atom. The quantitative estimate of drug-likeness (QED) is 0.147. The molecule has 198 valence electrons. The smallest absolute Gasteiger partial charge is 0.398 e. The maximum Gasteiger partial charge on any atom is 0.398 e. The van der Waals surface area contributed by atoms with Gasteiger partial charge in [0, 0.05) is 0 Å². The number of hydrogen-bond donors (Lipinski definition) is 3. The van der Waals surface area contributed by atoms with Gasteiger partial charge in [0.05, 0.1) is 4.91 Å². The lowest BCUT2D eigenvalue weighted by Crippen LogP contribution is -2.45. The molecule has 0 aromatic rings. The number of carboxylic acid groups (broad SMARTS) is 1. The van der Waals surface area contributed by atoms with Gasteiger partial charge in [0.25, 0.3) is 10.1 Å². The number of carbonyl (C=O) groups is 1. The van der Waals surface area contributed by atoms with Gasteiger partial charge >= 0.3 is 16.4 Å². The fourth-order valence-electron chi connectivity index (χ4n) is 4.29. The predicted molar refractivity (Wildman–Crippen MR) is 130 cm³/mol. The van der Waals surface area contributed by atoms with Crippen molar-refractivity contribution in [3.8, 4) is 0 Å². The average Bonchev–Trinajstić information content (AvgIpc) is 2.72. The van der Waals surface area contributed by atoms with E-state index in [1.165, 1.54) is 51.4 Å². The third-order valence-corrected chi connectivity index (χ3v) is 7.52. The van der Waals surface area contributed by atoms with Crippen LogP contribution in [0.4, 0.5) is 0 Å². The summed E-state index contributed by atoms with van der Waals surface area (Å²) >= 11 is 0. The highest BCUT2D eigenvalue weighted by molar-refractivity contribution is 7.90. The minimum atomic E-state index is -5.03. The molecule has 1 rings (SSSR count). The molecule has 2 unspecified atom stereocenters. The summed E-state index contributed by atoms with van der Waals surface area (Å²) in [5, 5.41) is 9.56. The van der Waals surface area contributed by atoms with Gasteiger partial charge in [-0.05, 0) is 24.6 Å². The molecular weight excluding hydrogens is 484 g/mol. The zero-order chi connectivity index (χ0) is 25.7. The van der Waals surface area contributed by atoms with Gasteiger partial charge in [-0.3, -0.25) is 13.9 Å². The lowest BCUT2D eigenvalue weighted by molar-refractivity contribution is -0.145. The van der Waals surface area contributed by atoms with Crippen molar-refractivity contribution in [2.24, 2.45) is 5.92 Å². The first-order valence-corrected chi connectivity index (χ1v) is 15.0. The van der Waals surface area contributed by atoms with E-state index in [9.17, 15) is 35.8 Å². The highest BCUT2D eigenvalue weighted by Crippen LogP contribution is 2.38. The molecule has 1 aliphatic rings. The lowest BCUT2D eigenvalue weighted by atomic mass is 9.80. The molecule has 2 atom stereocenters. The van der Waals surface area contributed by atoms with E-state index in [4.69, 9.17) is 4.18 Å². The second-order valence-electron chi connectivity index (χ2n) is 9.01. The van der Waals surface area contributed by atoms with Gasteiger partial charge in [0.15, 0.2) is 0 Å². The van der Waals surface area contributed by atoms with E-state index in [1.54, 1.807) is 0 Å². The first-order chi connectivity index (χ1) is 15.9. The summed E-state index contributed by atoms with van der Waals surface area (Å²) in [4.78, 5) is 11.1. The van der Waals surface area contributed by atoms with Crippen molar-refractivity contribution < 1.29 is 40.0 Å². The number of unbranched alkanes of at least 4 members (excludes halogenated alkanes) is 13. The molecule has 3 N–H and O–H groups in total. The Morgan fingerprint density at radius 3 is 1.68 bits per heavy atom. The van der Waals surface area contributed by atoms with Crippen LogP contribution in [0.2, 0.25) is 0 Å². The molecule has 1 aliphatic carbocycles. The summed E-state index contributed by atoms with van der Waals surface area (Å²) in [6, 6.07) is 0. The standard InChI is InChI=1S/C23H40O9S2/c1-2-3-4-5-6-7-8-9-10-11-12-13-14-15-17-23(32-34(29,30)31)18-16-20(33(26,27)28)19-21(23)22(24)25/h16,18-19,21H,2-15,17H2,1H3,(H,24,25)(H,26,27,28)(H,29,30,31). The fourth-order valence-corrected chi connectivity index (χ4v) is 5.47. The van der Waals surface area contributed by atoms with Crippen LogP contribution in [0.3, 0.4) is 0 Å². The Balaban J connectivity index is 2.48. The largest absolute Gasteiger partial charge is 0.481 e. The molecule has 0 saturated carbocycles. The number of aliphatic carboxylic acids is 1. The minimum Gasteiger partial charge on any atom is -0.481 e. The van der Waals surface area contributed by atoms with Crippen LogP contribution in [0.15, 0.2) is 23.1 Å². The summed E-state index contributed by atoms with van der Waals surface area (Å²) in [5.74, 6) is -3.27. The van der Waals surface area contributed by atoms with E-state index in [-0.39, 0.29) is 6.42 Å². The van der Waals surface area contributed by atoms with Crippen LogP contribution < -0.4 is 0 Å². The van der Waals surface area contributed by atoms with Crippen LogP contribution in [0.25, 0.3) is 0 Å². The monoisotopic (exact) mass is 524 g/mol. The normalized spacial score (nSPS) is 20.9. The average molecular weight is 525 g/mol. The molecular formula is C23H40O9S2. The molecule has 0 fully saturated rings. The topological polar surface area (TPSA) is 155 Å². The van der Waals surface area contributed by atoms with Gasteiger partial charge in [-0.25, -0.2) is 4.18 Å². The molecule has 0 radical (unpaired) electrons. The van der Waals surface area contributed by atoms with Crippen molar-refractivity contribution in [3.05, 3.63) is 23.1 Å². The summed E-state index contributed by atoms with van der Waals surface area (Å²) in [5.41, 5.74) is -1.98. The van der Waals surface area contributed by atoms with Crippen LogP contribution in [0.5, 0.6) is 0 Å². The first kappa shape index (κ1) is 30.8. The van der Waals surface area contributed by atoms with Crippen molar-refractivity contribution in [1.82, 2.24) is 0 Å². The van der Waals surface area contributed by atoms with Gasteiger partial charge in [-0.2, -0.15) is 16.8 Å². The molecule has 0 aromatic heterocycles. The molecule has 0 aliphatic heterocycles. The van der Waals surface area contributed by atoms with E-state index in [1.807, 2.05) is 0 Å². The molecule has 0 bridgehead atoms. The predicted octanol–water partition coefficient (Wildman–Crippen LogP) is 5.46. The van der Waals surface area contributed by atoms with E-state index in [0.717, 1.165) is 43.9 Å². The summed E-state index contributed by atoms with van der Waals surface area (Å²) in [6.45, 7) is 2.21. The lowest BCUT2D eigenvalue weighted by Gasteiger charge is -2.35. The Kier molecular flexibility index (Phi) is 13.5.